The zero-order chi connectivity index (χ0) is 15.9. The van der Waals surface area contributed by atoms with Crippen LogP contribution in [0.2, 0.25) is 0 Å². The molecule has 21 heavy (non-hydrogen) atoms. The average molecular weight is 300 g/mol. The van der Waals surface area contributed by atoms with Crippen LogP contribution in [0.25, 0.3) is 0 Å². The number of piperazine rings is 1. The fourth-order valence-corrected chi connectivity index (χ4v) is 2.18. The minimum atomic E-state index is 0.235. The second kappa shape index (κ2) is 8.47. The molecule has 0 N–H and O–H groups in total. The van der Waals surface area contributed by atoms with Gasteiger partial charge in [-0.25, -0.2) is 0 Å². The highest BCUT2D eigenvalue weighted by Gasteiger charge is 2.19. The van der Waals surface area contributed by atoms with Crippen molar-refractivity contribution in [2.75, 3.05) is 52.5 Å². The molecule has 1 rings (SSSR count). The van der Waals surface area contributed by atoms with E-state index < -0.39 is 0 Å². The standard InChI is InChI=1S/C17H36N2O2/c1-16(2,3)7-8-18-9-11-19(12-10-18)21-14-13-20-15-17(4,5)6/h7-15H2,1-6H3. The zero-order valence-corrected chi connectivity index (χ0v) is 15.1. The van der Waals surface area contributed by atoms with E-state index in [1.807, 2.05) is 0 Å². The second-order valence-corrected chi connectivity index (χ2v) is 8.53. The molecular weight excluding hydrogens is 264 g/mol. The maximum atomic E-state index is 5.77. The maximum absolute atomic E-state index is 5.77. The first-order valence-electron chi connectivity index (χ1n) is 8.34. The summed E-state index contributed by atoms with van der Waals surface area (Å²) in [5, 5.41) is 2.09. The van der Waals surface area contributed by atoms with Crippen molar-refractivity contribution in [1.82, 2.24) is 9.96 Å². The SMILES string of the molecule is CC(C)(C)CCN1CCN(OCCOCC(C)(C)C)CC1. The predicted molar refractivity (Wildman–Crippen MR) is 88.3 cm³/mol. The minimum Gasteiger partial charge on any atom is -0.378 e. The van der Waals surface area contributed by atoms with E-state index >= 15 is 0 Å². The van der Waals surface area contributed by atoms with Crippen molar-refractivity contribution < 1.29 is 9.57 Å². The van der Waals surface area contributed by atoms with Gasteiger partial charge in [0.05, 0.1) is 19.8 Å². The highest BCUT2D eigenvalue weighted by Crippen LogP contribution is 2.19. The van der Waals surface area contributed by atoms with Gasteiger partial charge >= 0.3 is 0 Å². The van der Waals surface area contributed by atoms with Gasteiger partial charge in [-0.15, -0.1) is 0 Å². The Kier molecular flexibility index (Phi) is 7.62. The second-order valence-electron chi connectivity index (χ2n) is 8.53. The minimum absolute atomic E-state index is 0.235. The highest BCUT2D eigenvalue weighted by molar-refractivity contribution is 4.71. The van der Waals surface area contributed by atoms with Crippen LogP contribution < -0.4 is 0 Å². The summed E-state index contributed by atoms with van der Waals surface area (Å²) in [7, 11) is 0. The van der Waals surface area contributed by atoms with Gasteiger partial charge < -0.3 is 9.64 Å². The Morgan fingerprint density at radius 3 is 1.95 bits per heavy atom. The monoisotopic (exact) mass is 300 g/mol. The van der Waals surface area contributed by atoms with Crippen LogP contribution in [-0.4, -0.2) is 62.5 Å². The van der Waals surface area contributed by atoms with Crippen LogP contribution in [0.1, 0.15) is 48.0 Å². The molecule has 0 radical (unpaired) electrons. The summed E-state index contributed by atoms with van der Waals surface area (Å²) in [4.78, 5) is 8.32. The van der Waals surface area contributed by atoms with Crippen molar-refractivity contribution in [2.24, 2.45) is 10.8 Å². The number of nitrogens with zero attached hydrogens (tertiary/aromatic N) is 2. The Morgan fingerprint density at radius 1 is 0.810 bits per heavy atom. The lowest BCUT2D eigenvalue weighted by Gasteiger charge is -2.35. The van der Waals surface area contributed by atoms with Gasteiger partial charge in [-0.05, 0) is 23.8 Å². The van der Waals surface area contributed by atoms with E-state index in [9.17, 15) is 0 Å². The highest BCUT2D eigenvalue weighted by atomic mass is 16.7. The molecule has 1 saturated heterocycles. The first kappa shape index (κ1) is 18.9. The van der Waals surface area contributed by atoms with Crippen LogP contribution in [0.15, 0.2) is 0 Å². The van der Waals surface area contributed by atoms with Gasteiger partial charge in [-0.1, -0.05) is 41.5 Å². The van der Waals surface area contributed by atoms with Crippen molar-refractivity contribution in [3.8, 4) is 0 Å². The number of hydroxylamine groups is 2. The molecule has 1 fully saturated rings. The van der Waals surface area contributed by atoms with Gasteiger partial charge in [0.2, 0.25) is 0 Å². The average Bonchev–Trinajstić information content (AvgIpc) is 2.35. The van der Waals surface area contributed by atoms with Crippen molar-refractivity contribution >= 4 is 0 Å². The summed E-state index contributed by atoms with van der Waals surface area (Å²) < 4.78 is 5.62. The van der Waals surface area contributed by atoms with Crippen LogP contribution in [-0.2, 0) is 9.57 Å². The molecule has 0 saturated carbocycles. The van der Waals surface area contributed by atoms with Gasteiger partial charge in [-0.3, -0.25) is 4.84 Å². The van der Waals surface area contributed by atoms with Crippen LogP contribution in [0.4, 0.5) is 0 Å². The van der Waals surface area contributed by atoms with E-state index in [0.29, 0.717) is 18.6 Å². The van der Waals surface area contributed by atoms with E-state index in [4.69, 9.17) is 9.57 Å². The normalized spacial score (nSPS) is 19.1. The van der Waals surface area contributed by atoms with Gasteiger partial charge in [0.1, 0.15) is 0 Å². The topological polar surface area (TPSA) is 24.9 Å². The van der Waals surface area contributed by atoms with Crippen molar-refractivity contribution in [3.05, 3.63) is 0 Å². The lowest BCUT2D eigenvalue weighted by molar-refractivity contribution is -0.187. The molecule has 1 heterocycles. The quantitative estimate of drug-likeness (QED) is 0.675. The lowest BCUT2D eigenvalue weighted by atomic mass is 9.92. The number of hydrogen-bond acceptors (Lipinski definition) is 4. The summed E-state index contributed by atoms with van der Waals surface area (Å²) in [5.41, 5.74) is 0.663. The maximum Gasteiger partial charge on any atom is 0.0918 e. The van der Waals surface area contributed by atoms with Crippen LogP contribution in [0.5, 0.6) is 0 Å². The Morgan fingerprint density at radius 2 is 1.43 bits per heavy atom. The molecule has 0 amide bonds. The summed E-state index contributed by atoms with van der Waals surface area (Å²) >= 11 is 0. The third-order valence-corrected chi connectivity index (χ3v) is 3.55. The molecule has 0 aromatic carbocycles. The van der Waals surface area contributed by atoms with E-state index in [2.05, 4.69) is 51.5 Å². The summed E-state index contributed by atoms with van der Waals surface area (Å²) in [6, 6.07) is 0. The molecule has 0 unspecified atom stereocenters. The Bertz CT molecular complexity index is 271. The van der Waals surface area contributed by atoms with E-state index in [0.717, 1.165) is 32.8 Å². The molecule has 0 bridgehead atoms. The van der Waals surface area contributed by atoms with Crippen molar-refractivity contribution in [3.63, 3.8) is 0 Å². The van der Waals surface area contributed by atoms with Crippen LogP contribution >= 0.6 is 0 Å². The third-order valence-electron chi connectivity index (χ3n) is 3.55. The van der Waals surface area contributed by atoms with E-state index in [1.165, 1.54) is 13.0 Å². The number of hydrogen-bond donors (Lipinski definition) is 0. The van der Waals surface area contributed by atoms with Gasteiger partial charge in [-0.2, -0.15) is 5.06 Å². The molecule has 0 aromatic rings. The largest absolute Gasteiger partial charge is 0.378 e. The van der Waals surface area contributed by atoms with Crippen molar-refractivity contribution in [1.29, 1.82) is 0 Å². The third kappa shape index (κ3) is 10.2. The molecule has 4 heteroatoms. The Hall–Kier alpha value is -0.160. The van der Waals surface area contributed by atoms with Crippen molar-refractivity contribution in [2.45, 2.75) is 48.0 Å². The van der Waals surface area contributed by atoms with Gasteiger partial charge in [0.25, 0.3) is 0 Å². The number of ether oxygens (including phenoxy) is 1. The molecule has 0 atom stereocenters. The van der Waals surface area contributed by atoms with E-state index in [1.54, 1.807) is 0 Å². The first-order valence-corrected chi connectivity index (χ1v) is 8.34. The smallest absolute Gasteiger partial charge is 0.0918 e. The van der Waals surface area contributed by atoms with E-state index in [-0.39, 0.29) is 5.41 Å². The molecule has 1 aliphatic rings. The fraction of sp³-hybridized carbons (Fsp3) is 1.00. The summed E-state index contributed by atoms with van der Waals surface area (Å²) in [6.07, 6.45) is 1.26. The molecular formula is C17H36N2O2. The molecule has 0 spiro atoms. The molecule has 126 valence electrons. The first-order chi connectivity index (χ1) is 9.66. The lowest BCUT2D eigenvalue weighted by Crippen LogP contribution is -2.47. The zero-order valence-electron chi connectivity index (χ0n) is 15.1. The number of rotatable bonds is 7. The summed E-state index contributed by atoms with van der Waals surface area (Å²) in [6.45, 7) is 21.0. The predicted octanol–water partition coefficient (Wildman–Crippen LogP) is 3.03. The molecule has 0 aliphatic carbocycles. The molecule has 4 nitrogen and oxygen atoms in total. The molecule has 0 aromatic heterocycles. The van der Waals surface area contributed by atoms with Crippen LogP contribution in [0.3, 0.4) is 0 Å². The molecule has 1 aliphatic heterocycles. The summed E-state index contributed by atoms with van der Waals surface area (Å²) in [5.74, 6) is 0. The van der Waals surface area contributed by atoms with Crippen LogP contribution in [0, 0.1) is 10.8 Å². The van der Waals surface area contributed by atoms with Gasteiger partial charge in [0, 0.05) is 26.2 Å². The fourth-order valence-electron chi connectivity index (χ4n) is 2.18. The Labute approximate surface area is 131 Å². The Balaban J connectivity index is 2.03. The van der Waals surface area contributed by atoms with Gasteiger partial charge in [0.15, 0.2) is 0 Å².